The minimum atomic E-state index is 0.696. The average Bonchev–Trinajstić information content (AvgIpc) is 3.42. The van der Waals surface area contributed by atoms with E-state index in [1.54, 1.807) is 0 Å². The van der Waals surface area contributed by atoms with Gasteiger partial charge >= 0.3 is 0 Å². The summed E-state index contributed by atoms with van der Waals surface area (Å²) in [4.78, 5) is 15.8. The Morgan fingerprint density at radius 2 is 0.439 bits per heavy atom. The van der Waals surface area contributed by atoms with E-state index in [2.05, 4.69) is 237 Å². The van der Waals surface area contributed by atoms with E-state index in [0.29, 0.717) is 5.82 Å². The largest absolute Gasteiger partial charge is 0.246 e. The molecule has 0 aliphatic carbocycles. The Kier molecular flexibility index (Phi) is 11.0. The van der Waals surface area contributed by atoms with Gasteiger partial charge in [0, 0.05) is 44.5 Å². The molecule has 0 bridgehead atoms. The lowest BCUT2D eigenvalue weighted by Crippen LogP contribution is -2.01. The summed E-state index contributed by atoms with van der Waals surface area (Å²) in [6.45, 7) is 0. The second kappa shape index (κ2) is 18.1. The summed E-state index contributed by atoms with van der Waals surface area (Å²) in [5.74, 6) is 0.696. The minimum absolute atomic E-state index is 0.696. The first kappa shape index (κ1) is 40.0. The molecule has 310 valence electrons. The number of pyridine rings is 1. The van der Waals surface area contributed by atoms with Crippen LogP contribution in [0.5, 0.6) is 0 Å². The van der Waals surface area contributed by atoms with E-state index >= 15 is 0 Å². The first-order valence-electron chi connectivity index (χ1n) is 22.3. The maximum absolute atomic E-state index is 5.60. The van der Waals surface area contributed by atoms with Crippen LogP contribution in [0.25, 0.3) is 112 Å². The second-order valence-electron chi connectivity index (χ2n) is 16.3. The number of benzene rings is 9. The summed E-state index contributed by atoms with van der Waals surface area (Å²) in [5, 5.41) is 0. The summed E-state index contributed by atoms with van der Waals surface area (Å²) in [7, 11) is 0. The molecule has 2 heterocycles. The molecule has 0 saturated carbocycles. The Balaban J connectivity index is 1.01. The van der Waals surface area contributed by atoms with Crippen LogP contribution in [0.3, 0.4) is 0 Å². The normalized spacial score (nSPS) is 11.0. The number of hydrogen-bond donors (Lipinski definition) is 0. The van der Waals surface area contributed by atoms with Crippen molar-refractivity contribution < 1.29 is 0 Å². The SMILES string of the molecule is c1ccc(-c2ccc(-c3cc(-c4ccc(-c5ccc(-c6c(-c7ccccc7)c(-c7ccccc7)nc(-c7ccccc7)c6-c6ccccc6)cc5)cc4)nc(-c4ccccc4)n3)cc2)cc1. The highest BCUT2D eigenvalue weighted by Crippen LogP contribution is 2.49. The van der Waals surface area contributed by atoms with E-state index in [0.717, 1.165) is 95.1 Å². The molecule has 3 nitrogen and oxygen atoms in total. The van der Waals surface area contributed by atoms with Crippen LogP contribution in [0.2, 0.25) is 0 Å². The smallest absolute Gasteiger partial charge is 0.160 e. The number of nitrogens with zero attached hydrogens (tertiary/aromatic N) is 3. The Hall–Kier alpha value is -8.79. The Bertz CT molecular complexity index is 3270. The fraction of sp³-hybridized carbons (Fsp3) is 0. The Labute approximate surface area is 386 Å². The van der Waals surface area contributed by atoms with E-state index in [9.17, 15) is 0 Å². The fourth-order valence-corrected chi connectivity index (χ4v) is 8.84. The molecule has 11 rings (SSSR count). The van der Waals surface area contributed by atoms with Crippen LogP contribution in [0.4, 0.5) is 0 Å². The zero-order chi connectivity index (χ0) is 44.1. The second-order valence-corrected chi connectivity index (χ2v) is 16.3. The molecule has 66 heavy (non-hydrogen) atoms. The molecule has 11 aromatic rings. The lowest BCUT2D eigenvalue weighted by Gasteiger charge is -2.23. The molecule has 0 radical (unpaired) electrons. The zero-order valence-corrected chi connectivity index (χ0v) is 36.2. The summed E-state index contributed by atoms with van der Waals surface area (Å²) < 4.78 is 0. The topological polar surface area (TPSA) is 38.7 Å². The molecule has 9 aromatic carbocycles. The molecule has 0 fully saturated rings. The van der Waals surface area contributed by atoms with Crippen LogP contribution in [0, 0.1) is 0 Å². The van der Waals surface area contributed by atoms with Gasteiger partial charge in [-0.3, -0.25) is 0 Å². The highest BCUT2D eigenvalue weighted by Gasteiger charge is 2.25. The molecule has 0 aliphatic rings. The summed E-state index contributed by atoms with van der Waals surface area (Å²) in [6, 6.07) is 91.7. The molecule has 0 N–H and O–H groups in total. The summed E-state index contributed by atoms with van der Waals surface area (Å²) in [6.07, 6.45) is 0. The van der Waals surface area contributed by atoms with E-state index in [1.807, 2.05) is 24.3 Å². The van der Waals surface area contributed by atoms with Crippen LogP contribution in [-0.2, 0) is 0 Å². The van der Waals surface area contributed by atoms with Gasteiger partial charge < -0.3 is 0 Å². The highest BCUT2D eigenvalue weighted by atomic mass is 14.9. The number of hydrogen-bond acceptors (Lipinski definition) is 3. The third kappa shape index (κ3) is 8.14. The van der Waals surface area contributed by atoms with Crippen LogP contribution >= 0.6 is 0 Å². The molecular formula is C63H43N3. The van der Waals surface area contributed by atoms with Crippen molar-refractivity contribution in [1.82, 2.24) is 15.0 Å². The first-order chi connectivity index (χ1) is 32.7. The van der Waals surface area contributed by atoms with Crippen molar-refractivity contribution in [2.24, 2.45) is 0 Å². The van der Waals surface area contributed by atoms with Crippen molar-refractivity contribution in [3.63, 3.8) is 0 Å². The molecule has 0 aliphatic heterocycles. The Morgan fingerprint density at radius 1 is 0.182 bits per heavy atom. The lowest BCUT2D eigenvalue weighted by atomic mass is 9.83. The van der Waals surface area contributed by atoms with Gasteiger partial charge in [-0.1, -0.05) is 255 Å². The highest BCUT2D eigenvalue weighted by molar-refractivity contribution is 6.05. The molecule has 3 heteroatoms. The first-order valence-corrected chi connectivity index (χ1v) is 22.3. The van der Waals surface area contributed by atoms with Gasteiger partial charge in [-0.15, -0.1) is 0 Å². The van der Waals surface area contributed by atoms with Crippen molar-refractivity contribution in [2.75, 3.05) is 0 Å². The molecule has 2 aromatic heterocycles. The number of aromatic nitrogens is 3. The predicted molar refractivity (Wildman–Crippen MR) is 274 cm³/mol. The van der Waals surface area contributed by atoms with Gasteiger partial charge in [0.1, 0.15) is 0 Å². The van der Waals surface area contributed by atoms with Gasteiger partial charge in [-0.25, -0.2) is 15.0 Å². The van der Waals surface area contributed by atoms with Crippen LogP contribution < -0.4 is 0 Å². The van der Waals surface area contributed by atoms with Crippen LogP contribution in [-0.4, -0.2) is 15.0 Å². The molecule has 0 spiro atoms. The van der Waals surface area contributed by atoms with E-state index in [1.165, 1.54) is 11.1 Å². The van der Waals surface area contributed by atoms with Crippen molar-refractivity contribution in [1.29, 1.82) is 0 Å². The maximum Gasteiger partial charge on any atom is 0.160 e. The molecule has 0 amide bonds. The van der Waals surface area contributed by atoms with Gasteiger partial charge in [-0.2, -0.15) is 0 Å². The van der Waals surface area contributed by atoms with Gasteiger partial charge in [0.15, 0.2) is 5.82 Å². The average molecular weight is 842 g/mol. The van der Waals surface area contributed by atoms with E-state index < -0.39 is 0 Å². The summed E-state index contributed by atoms with van der Waals surface area (Å²) in [5.41, 5.74) is 20.1. The van der Waals surface area contributed by atoms with Crippen LogP contribution in [0.1, 0.15) is 0 Å². The van der Waals surface area contributed by atoms with Gasteiger partial charge in [0.05, 0.1) is 22.8 Å². The van der Waals surface area contributed by atoms with E-state index in [4.69, 9.17) is 15.0 Å². The quantitative estimate of drug-likeness (QED) is 0.138. The summed E-state index contributed by atoms with van der Waals surface area (Å²) >= 11 is 0. The maximum atomic E-state index is 5.60. The van der Waals surface area contributed by atoms with E-state index in [-0.39, 0.29) is 0 Å². The van der Waals surface area contributed by atoms with Crippen molar-refractivity contribution in [3.05, 3.63) is 261 Å². The van der Waals surface area contributed by atoms with Crippen LogP contribution in [0.15, 0.2) is 261 Å². The standard InChI is InChI=1S/C63H43N3/c1-7-19-44(20-8-1)45-31-37-48(38-32-45)56-43-57(65-63(64-56)55-29-17-6-18-30-55)49-39-33-46(34-40-49)47-35-41-52(42-36-47)58-59(50-21-9-2-10-22-50)61(53-25-13-4-14-26-53)66-62(54-27-15-5-16-28-54)60(58)51-23-11-3-12-24-51/h1-43H. The third-order valence-corrected chi connectivity index (χ3v) is 12.2. The van der Waals surface area contributed by atoms with Crippen molar-refractivity contribution >= 4 is 0 Å². The zero-order valence-electron chi connectivity index (χ0n) is 36.2. The molecular weight excluding hydrogens is 799 g/mol. The third-order valence-electron chi connectivity index (χ3n) is 12.2. The number of rotatable bonds is 10. The monoisotopic (exact) mass is 841 g/mol. The molecule has 0 saturated heterocycles. The van der Waals surface area contributed by atoms with Gasteiger partial charge in [0.25, 0.3) is 0 Å². The fourth-order valence-electron chi connectivity index (χ4n) is 8.84. The van der Waals surface area contributed by atoms with Crippen molar-refractivity contribution in [2.45, 2.75) is 0 Å². The van der Waals surface area contributed by atoms with Gasteiger partial charge in [-0.05, 0) is 45.0 Å². The lowest BCUT2D eigenvalue weighted by molar-refractivity contribution is 1.18. The molecule has 0 unspecified atom stereocenters. The predicted octanol–water partition coefficient (Wildman–Crippen LogP) is 16.5. The van der Waals surface area contributed by atoms with Crippen molar-refractivity contribution in [3.8, 4) is 112 Å². The minimum Gasteiger partial charge on any atom is -0.246 e. The Morgan fingerprint density at radius 3 is 0.803 bits per heavy atom. The molecule has 0 atom stereocenters. The van der Waals surface area contributed by atoms with Gasteiger partial charge in [0.2, 0.25) is 0 Å².